The Morgan fingerprint density at radius 3 is 2.62 bits per heavy atom. The molecular formula is C17H19N3O4. The Morgan fingerprint density at radius 1 is 1.29 bits per heavy atom. The standard InChI is InChI=1S/C17H19N3O4/c1-10(2)7-15(17(23)24)20-16(22)14-9-11(21)8-13(19-14)12-5-3-4-6-18-12/h3-6,8-10,15H,7H2,1-2H3,(H,19,21)(H,20,22)(H,23,24)/t15-/m0/s1. The fourth-order valence-corrected chi connectivity index (χ4v) is 2.25. The number of pyridine rings is 2. The van der Waals surface area contributed by atoms with Crippen molar-refractivity contribution in [2.24, 2.45) is 5.92 Å². The summed E-state index contributed by atoms with van der Waals surface area (Å²) in [5, 5.41) is 11.6. The number of rotatable bonds is 6. The first-order valence-corrected chi connectivity index (χ1v) is 7.56. The van der Waals surface area contributed by atoms with E-state index >= 15 is 0 Å². The number of H-pyrrole nitrogens is 1. The number of aromatic amines is 1. The third-order valence-corrected chi connectivity index (χ3v) is 3.34. The number of hydrogen-bond donors (Lipinski definition) is 3. The van der Waals surface area contributed by atoms with Crippen molar-refractivity contribution in [2.75, 3.05) is 0 Å². The average molecular weight is 329 g/mol. The molecule has 0 aliphatic heterocycles. The first kappa shape index (κ1) is 17.4. The van der Waals surface area contributed by atoms with Crippen LogP contribution in [0.25, 0.3) is 11.4 Å². The molecule has 0 aliphatic rings. The van der Waals surface area contributed by atoms with Crippen LogP contribution in [0.4, 0.5) is 0 Å². The zero-order valence-corrected chi connectivity index (χ0v) is 13.4. The molecule has 0 saturated carbocycles. The number of carboxylic acids is 1. The molecule has 1 amide bonds. The number of carbonyl (C=O) groups excluding carboxylic acids is 1. The number of hydrogen-bond acceptors (Lipinski definition) is 4. The van der Waals surface area contributed by atoms with E-state index in [9.17, 15) is 19.5 Å². The van der Waals surface area contributed by atoms with Gasteiger partial charge in [0.15, 0.2) is 5.43 Å². The predicted molar refractivity (Wildman–Crippen MR) is 88.6 cm³/mol. The molecule has 0 aliphatic carbocycles. The third kappa shape index (κ3) is 4.52. The van der Waals surface area contributed by atoms with E-state index in [0.717, 1.165) is 6.07 Å². The van der Waals surface area contributed by atoms with Gasteiger partial charge in [0.25, 0.3) is 5.91 Å². The summed E-state index contributed by atoms with van der Waals surface area (Å²) >= 11 is 0. The second kappa shape index (κ2) is 7.54. The van der Waals surface area contributed by atoms with Gasteiger partial charge in [-0.05, 0) is 24.5 Å². The topological polar surface area (TPSA) is 112 Å². The highest BCUT2D eigenvalue weighted by Crippen LogP contribution is 2.12. The minimum atomic E-state index is -1.11. The van der Waals surface area contributed by atoms with E-state index in [1.807, 2.05) is 13.8 Å². The van der Waals surface area contributed by atoms with E-state index in [4.69, 9.17) is 0 Å². The molecule has 2 rings (SSSR count). The molecular weight excluding hydrogens is 310 g/mol. The van der Waals surface area contributed by atoms with E-state index in [1.54, 1.807) is 24.4 Å². The van der Waals surface area contributed by atoms with Crippen LogP contribution in [-0.2, 0) is 4.79 Å². The van der Waals surface area contributed by atoms with Crippen molar-refractivity contribution in [2.45, 2.75) is 26.3 Å². The van der Waals surface area contributed by atoms with Crippen LogP contribution in [-0.4, -0.2) is 33.0 Å². The lowest BCUT2D eigenvalue weighted by atomic mass is 10.0. The van der Waals surface area contributed by atoms with Crippen molar-refractivity contribution in [1.82, 2.24) is 15.3 Å². The van der Waals surface area contributed by atoms with Crippen LogP contribution >= 0.6 is 0 Å². The van der Waals surface area contributed by atoms with Gasteiger partial charge in [-0.3, -0.25) is 14.6 Å². The summed E-state index contributed by atoms with van der Waals surface area (Å²) in [5.74, 6) is -1.65. The van der Waals surface area contributed by atoms with Crippen LogP contribution in [0.15, 0.2) is 41.3 Å². The molecule has 2 heterocycles. The molecule has 2 aromatic heterocycles. The van der Waals surface area contributed by atoms with E-state index in [2.05, 4.69) is 15.3 Å². The van der Waals surface area contributed by atoms with Crippen molar-refractivity contribution < 1.29 is 14.7 Å². The van der Waals surface area contributed by atoms with Crippen LogP contribution in [0.5, 0.6) is 0 Å². The van der Waals surface area contributed by atoms with Crippen LogP contribution < -0.4 is 10.7 Å². The van der Waals surface area contributed by atoms with Gasteiger partial charge >= 0.3 is 5.97 Å². The third-order valence-electron chi connectivity index (χ3n) is 3.34. The average Bonchev–Trinajstić information content (AvgIpc) is 2.54. The molecule has 0 spiro atoms. The Kier molecular flexibility index (Phi) is 5.47. The van der Waals surface area contributed by atoms with E-state index in [-0.39, 0.29) is 17.0 Å². The number of aromatic nitrogens is 2. The van der Waals surface area contributed by atoms with Gasteiger partial charge in [0.1, 0.15) is 11.7 Å². The van der Waals surface area contributed by atoms with E-state index < -0.39 is 17.9 Å². The van der Waals surface area contributed by atoms with Gasteiger partial charge in [0.05, 0.1) is 11.4 Å². The van der Waals surface area contributed by atoms with Crippen molar-refractivity contribution in [1.29, 1.82) is 0 Å². The zero-order chi connectivity index (χ0) is 17.7. The highest BCUT2D eigenvalue weighted by molar-refractivity contribution is 5.95. The van der Waals surface area contributed by atoms with Gasteiger partial charge < -0.3 is 15.4 Å². The fourth-order valence-electron chi connectivity index (χ4n) is 2.25. The van der Waals surface area contributed by atoms with Crippen LogP contribution in [0.3, 0.4) is 0 Å². The van der Waals surface area contributed by atoms with Gasteiger partial charge in [-0.25, -0.2) is 4.79 Å². The summed E-state index contributed by atoms with van der Waals surface area (Å²) in [5.41, 5.74) is 0.540. The molecule has 7 heteroatoms. The van der Waals surface area contributed by atoms with Crippen LogP contribution in [0.1, 0.15) is 30.8 Å². The maximum absolute atomic E-state index is 12.3. The zero-order valence-electron chi connectivity index (χ0n) is 13.4. The number of nitrogens with zero attached hydrogens (tertiary/aromatic N) is 1. The molecule has 0 aromatic carbocycles. The summed E-state index contributed by atoms with van der Waals surface area (Å²) in [7, 11) is 0. The van der Waals surface area contributed by atoms with Crippen molar-refractivity contribution in [3.8, 4) is 11.4 Å². The first-order valence-electron chi connectivity index (χ1n) is 7.56. The van der Waals surface area contributed by atoms with Crippen molar-refractivity contribution in [3.05, 3.63) is 52.4 Å². The molecule has 0 fully saturated rings. The fraction of sp³-hybridized carbons (Fsp3) is 0.294. The number of carbonyl (C=O) groups is 2. The summed E-state index contributed by atoms with van der Waals surface area (Å²) in [4.78, 5) is 42.4. The highest BCUT2D eigenvalue weighted by Gasteiger charge is 2.22. The molecule has 3 N–H and O–H groups in total. The lowest BCUT2D eigenvalue weighted by Gasteiger charge is -2.16. The van der Waals surface area contributed by atoms with Gasteiger partial charge in [0.2, 0.25) is 0 Å². The Morgan fingerprint density at radius 2 is 2.04 bits per heavy atom. The second-order valence-electron chi connectivity index (χ2n) is 5.85. The Bertz CT molecular complexity index is 784. The maximum atomic E-state index is 12.3. The summed E-state index contributed by atoms with van der Waals surface area (Å²) < 4.78 is 0. The lowest BCUT2D eigenvalue weighted by molar-refractivity contribution is -0.139. The predicted octanol–water partition coefficient (Wildman–Crippen LogP) is 1.67. The van der Waals surface area contributed by atoms with Crippen LogP contribution in [0, 0.1) is 5.92 Å². The molecule has 0 bridgehead atoms. The minimum absolute atomic E-state index is 0.00170. The smallest absolute Gasteiger partial charge is 0.326 e. The van der Waals surface area contributed by atoms with Crippen LogP contribution in [0.2, 0.25) is 0 Å². The second-order valence-corrected chi connectivity index (χ2v) is 5.85. The summed E-state index contributed by atoms with van der Waals surface area (Å²) in [6.45, 7) is 3.73. The molecule has 2 aromatic rings. The number of amides is 1. The Hall–Kier alpha value is -2.96. The van der Waals surface area contributed by atoms with Crippen molar-refractivity contribution in [3.63, 3.8) is 0 Å². The molecule has 1 atom stereocenters. The normalized spacial score (nSPS) is 12.0. The quantitative estimate of drug-likeness (QED) is 0.746. The number of aliphatic carboxylic acids is 1. The molecule has 0 saturated heterocycles. The lowest BCUT2D eigenvalue weighted by Crippen LogP contribution is -2.42. The Labute approximate surface area is 138 Å². The van der Waals surface area contributed by atoms with Gasteiger partial charge in [0, 0.05) is 18.3 Å². The molecule has 0 unspecified atom stereocenters. The molecule has 7 nitrogen and oxygen atoms in total. The minimum Gasteiger partial charge on any atom is -0.480 e. The van der Waals surface area contributed by atoms with E-state index in [1.165, 1.54) is 6.07 Å². The largest absolute Gasteiger partial charge is 0.480 e. The van der Waals surface area contributed by atoms with Crippen molar-refractivity contribution >= 4 is 11.9 Å². The monoisotopic (exact) mass is 329 g/mol. The van der Waals surface area contributed by atoms with E-state index in [0.29, 0.717) is 17.8 Å². The molecule has 0 radical (unpaired) electrons. The van der Waals surface area contributed by atoms with Gasteiger partial charge in [-0.2, -0.15) is 0 Å². The van der Waals surface area contributed by atoms with Gasteiger partial charge in [-0.15, -0.1) is 0 Å². The molecule has 24 heavy (non-hydrogen) atoms. The van der Waals surface area contributed by atoms with Gasteiger partial charge in [-0.1, -0.05) is 19.9 Å². The number of carboxylic acid groups (broad SMARTS) is 1. The summed E-state index contributed by atoms with van der Waals surface area (Å²) in [6.07, 6.45) is 1.87. The summed E-state index contributed by atoms with van der Waals surface area (Å²) in [6, 6.07) is 6.65. The number of nitrogens with one attached hydrogen (secondary N) is 2. The first-order chi connectivity index (χ1) is 11.4. The molecule has 126 valence electrons. The SMILES string of the molecule is CC(C)C[C@H](NC(=O)c1cc(=O)cc(-c2ccccn2)[nH]1)C(=O)O. The Balaban J connectivity index is 2.28. The highest BCUT2D eigenvalue weighted by atomic mass is 16.4. The maximum Gasteiger partial charge on any atom is 0.326 e.